The summed E-state index contributed by atoms with van der Waals surface area (Å²) in [6, 6.07) is 13.5. The van der Waals surface area contributed by atoms with Gasteiger partial charge in [-0.05, 0) is 68.6 Å². The highest BCUT2D eigenvalue weighted by Crippen LogP contribution is 2.37. The molecule has 1 saturated carbocycles. The van der Waals surface area contributed by atoms with Crippen molar-refractivity contribution in [1.82, 2.24) is 15.4 Å². The first-order chi connectivity index (χ1) is 18.5. The summed E-state index contributed by atoms with van der Waals surface area (Å²) < 4.78 is 11.5. The number of pyridine rings is 1. The Labute approximate surface area is 225 Å². The van der Waals surface area contributed by atoms with Crippen LogP contribution in [-0.4, -0.2) is 58.7 Å². The Bertz CT molecular complexity index is 1070. The molecule has 0 bridgehead atoms. The minimum atomic E-state index is -0.801. The van der Waals surface area contributed by atoms with Crippen molar-refractivity contribution >= 4 is 6.09 Å². The molecule has 1 saturated heterocycles. The van der Waals surface area contributed by atoms with Gasteiger partial charge in [0.25, 0.3) is 0 Å². The van der Waals surface area contributed by atoms with Crippen LogP contribution in [0.15, 0.2) is 60.3 Å². The van der Waals surface area contributed by atoms with Crippen LogP contribution in [0.5, 0.6) is 0 Å². The molecule has 5 unspecified atom stereocenters. The van der Waals surface area contributed by atoms with Crippen molar-refractivity contribution in [2.75, 3.05) is 13.2 Å². The van der Waals surface area contributed by atoms with Crippen LogP contribution in [0, 0.1) is 5.92 Å². The molecule has 0 radical (unpaired) electrons. The molecule has 4 N–H and O–H groups in total. The van der Waals surface area contributed by atoms with E-state index in [4.69, 9.17) is 15.2 Å². The summed E-state index contributed by atoms with van der Waals surface area (Å²) in [5, 5.41) is 12.7. The summed E-state index contributed by atoms with van der Waals surface area (Å²) in [4.78, 5) is 17.3. The molecular weight excluding hydrogens is 480 g/mol. The molecule has 2 heterocycles. The van der Waals surface area contributed by atoms with Crippen LogP contribution < -0.4 is 11.2 Å². The fourth-order valence-corrected chi connectivity index (χ4v) is 5.89. The first-order valence-corrected chi connectivity index (χ1v) is 14.0. The molecular formula is C30H40N4O4. The van der Waals surface area contributed by atoms with E-state index in [0.717, 1.165) is 55.5 Å². The number of fused-ring (bicyclic) bond motifs is 1. The van der Waals surface area contributed by atoms with E-state index in [2.05, 4.69) is 16.5 Å². The first kappa shape index (κ1) is 26.8. The van der Waals surface area contributed by atoms with E-state index >= 15 is 0 Å². The molecule has 1 amide bonds. The second-order valence-corrected chi connectivity index (χ2v) is 10.9. The monoisotopic (exact) mass is 520 g/mol. The number of hydrogen-bond donors (Lipinski definition) is 3. The van der Waals surface area contributed by atoms with Crippen molar-refractivity contribution in [2.45, 2.75) is 82.3 Å². The predicted octanol–water partition coefficient (Wildman–Crippen LogP) is 4.34. The Morgan fingerprint density at radius 2 is 2.08 bits per heavy atom. The van der Waals surface area contributed by atoms with Crippen LogP contribution in [0.4, 0.5) is 4.79 Å². The molecule has 2 aromatic rings. The third kappa shape index (κ3) is 7.20. The number of aliphatic hydroxyl groups is 1. The third-order valence-electron chi connectivity index (χ3n) is 8.00. The largest absolute Gasteiger partial charge is 0.445 e. The summed E-state index contributed by atoms with van der Waals surface area (Å²) in [6.45, 7) is 1.41. The molecule has 8 heteroatoms. The van der Waals surface area contributed by atoms with Gasteiger partial charge in [-0.2, -0.15) is 0 Å². The number of carbonyl (C=O) groups excluding carboxylic acids is 1. The molecule has 2 fully saturated rings. The molecule has 38 heavy (non-hydrogen) atoms. The molecule has 3 aliphatic rings. The van der Waals surface area contributed by atoms with E-state index in [1.54, 1.807) is 11.2 Å². The topological polar surface area (TPSA) is 110 Å². The number of hydrogen-bond acceptors (Lipinski definition) is 7. The summed E-state index contributed by atoms with van der Waals surface area (Å²) in [5.74, 6) is 0.482. The Balaban J connectivity index is 1.22. The fraction of sp³-hybridized carbons (Fsp3) is 0.533. The molecule has 8 nitrogen and oxygen atoms in total. The quantitative estimate of drug-likeness (QED) is 0.316. The average molecular weight is 521 g/mol. The highest BCUT2D eigenvalue weighted by Gasteiger charge is 2.40. The van der Waals surface area contributed by atoms with Crippen LogP contribution in [0.2, 0.25) is 0 Å². The number of nitrogens with zero attached hydrogens (tertiary/aromatic N) is 2. The van der Waals surface area contributed by atoms with Crippen LogP contribution >= 0.6 is 0 Å². The van der Waals surface area contributed by atoms with Gasteiger partial charge in [-0.3, -0.25) is 10.4 Å². The number of rotatable bonds is 10. The summed E-state index contributed by atoms with van der Waals surface area (Å²) in [6.07, 6.45) is 10.6. The van der Waals surface area contributed by atoms with Gasteiger partial charge >= 0.3 is 6.09 Å². The minimum absolute atomic E-state index is 0.143. The third-order valence-corrected chi connectivity index (χ3v) is 8.00. The number of ether oxygens (including phenoxy) is 2. The van der Waals surface area contributed by atoms with Crippen molar-refractivity contribution in [1.29, 1.82) is 0 Å². The van der Waals surface area contributed by atoms with Crippen molar-refractivity contribution in [3.8, 4) is 11.3 Å². The van der Waals surface area contributed by atoms with E-state index in [1.807, 2.05) is 42.5 Å². The van der Waals surface area contributed by atoms with E-state index in [0.29, 0.717) is 18.9 Å². The van der Waals surface area contributed by atoms with E-state index in [9.17, 15) is 9.90 Å². The summed E-state index contributed by atoms with van der Waals surface area (Å²) in [5.41, 5.74) is 13.5. The Hall–Kier alpha value is -2.78. The lowest BCUT2D eigenvalue weighted by Crippen LogP contribution is -2.50. The maximum absolute atomic E-state index is 12.9. The van der Waals surface area contributed by atoms with Crippen molar-refractivity contribution in [3.05, 3.63) is 65.9 Å². The Kier molecular flexibility index (Phi) is 9.06. The second-order valence-electron chi connectivity index (χ2n) is 10.9. The molecule has 1 aliphatic heterocycles. The zero-order chi connectivity index (χ0) is 26.3. The molecule has 0 spiro atoms. The summed E-state index contributed by atoms with van der Waals surface area (Å²) in [7, 11) is 0. The van der Waals surface area contributed by atoms with Crippen LogP contribution in [-0.2, 0) is 16.0 Å². The highest BCUT2D eigenvalue weighted by molar-refractivity contribution is 5.66. The van der Waals surface area contributed by atoms with Crippen molar-refractivity contribution in [3.63, 3.8) is 0 Å². The highest BCUT2D eigenvalue weighted by atomic mass is 16.6. The van der Waals surface area contributed by atoms with Gasteiger partial charge in [0.2, 0.25) is 0 Å². The number of nitrogens with two attached hydrogens (primary N) is 1. The minimum Gasteiger partial charge on any atom is -0.445 e. The van der Waals surface area contributed by atoms with Gasteiger partial charge < -0.3 is 20.3 Å². The van der Waals surface area contributed by atoms with Gasteiger partial charge in [0.1, 0.15) is 6.10 Å². The van der Waals surface area contributed by atoms with E-state index in [1.165, 1.54) is 18.4 Å². The van der Waals surface area contributed by atoms with Crippen molar-refractivity contribution < 1.29 is 19.4 Å². The van der Waals surface area contributed by atoms with Crippen molar-refractivity contribution in [2.24, 2.45) is 11.7 Å². The molecule has 1 aromatic carbocycles. The van der Waals surface area contributed by atoms with Gasteiger partial charge in [-0.1, -0.05) is 42.0 Å². The Morgan fingerprint density at radius 1 is 1.21 bits per heavy atom. The fourth-order valence-electron chi connectivity index (χ4n) is 5.89. The number of amides is 1. The maximum atomic E-state index is 12.9. The van der Waals surface area contributed by atoms with Crippen LogP contribution in [0.25, 0.3) is 11.3 Å². The van der Waals surface area contributed by atoms with Gasteiger partial charge in [0, 0.05) is 43.9 Å². The zero-order valence-corrected chi connectivity index (χ0v) is 22.0. The van der Waals surface area contributed by atoms with Gasteiger partial charge in [0.15, 0.2) is 0 Å². The van der Waals surface area contributed by atoms with Gasteiger partial charge in [-0.15, -0.1) is 0 Å². The molecule has 204 valence electrons. The number of nitrogens with one attached hydrogen (secondary N) is 1. The van der Waals surface area contributed by atoms with Crippen LogP contribution in [0.1, 0.15) is 56.9 Å². The molecule has 5 atom stereocenters. The molecule has 5 rings (SSSR count). The Morgan fingerprint density at radius 3 is 2.82 bits per heavy atom. The van der Waals surface area contributed by atoms with Crippen LogP contribution in [0.3, 0.4) is 0 Å². The lowest BCUT2D eigenvalue weighted by Gasteiger charge is -2.29. The van der Waals surface area contributed by atoms with E-state index in [-0.39, 0.29) is 18.8 Å². The predicted molar refractivity (Wildman–Crippen MR) is 146 cm³/mol. The number of aliphatic hydroxyl groups excluding tert-OH is 1. The van der Waals surface area contributed by atoms with E-state index < -0.39 is 18.2 Å². The molecule has 2 aliphatic carbocycles. The smallest absolute Gasteiger partial charge is 0.422 e. The average Bonchev–Trinajstić information content (AvgIpc) is 3.52. The second kappa shape index (κ2) is 12.8. The summed E-state index contributed by atoms with van der Waals surface area (Å²) >= 11 is 0. The standard InChI is InChI=1S/C30H40N4O4/c31-26(16-21-6-2-1-3-7-21)28(35)20-34(33-30(36)38-25-17-24-13-15-37-29(24)18-25)19-22-9-11-23(12-10-22)27-8-4-5-14-32-27/h4-6,8-12,14,24-26,28-29,35H,1-3,7,13,15-20,31H2,(H,33,36). The SMILES string of the molecule is NC(CC1=CCCCC1)C(O)CN(Cc1ccc(-c2ccccn2)cc1)NC(=O)OC1CC2CCOC2C1. The normalized spacial score (nSPS) is 24.5. The van der Waals surface area contributed by atoms with Gasteiger partial charge in [0.05, 0.1) is 17.9 Å². The maximum Gasteiger partial charge on any atom is 0.422 e. The lowest BCUT2D eigenvalue weighted by molar-refractivity contribution is 0.0318. The zero-order valence-electron chi connectivity index (χ0n) is 22.0. The number of benzene rings is 1. The number of allylic oxidation sites excluding steroid dienone is 1. The number of hydrazine groups is 1. The van der Waals surface area contributed by atoms with Gasteiger partial charge in [-0.25, -0.2) is 9.80 Å². The first-order valence-electron chi connectivity index (χ1n) is 14.0. The lowest BCUT2D eigenvalue weighted by atomic mass is 9.93. The number of carbonyl (C=O) groups is 1. The number of aromatic nitrogens is 1. The molecule has 1 aromatic heterocycles.